The first-order valence-electron chi connectivity index (χ1n) is 7.02. The van der Waals surface area contributed by atoms with Gasteiger partial charge in [0.2, 0.25) is 0 Å². The summed E-state index contributed by atoms with van der Waals surface area (Å²) in [5.41, 5.74) is 7.85. The fourth-order valence-corrected chi connectivity index (χ4v) is 2.53. The molecule has 1 aliphatic rings. The molecule has 1 aliphatic carbocycles. The van der Waals surface area contributed by atoms with E-state index in [1.165, 1.54) is 24.8 Å². The molecule has 0 radical (unpaired) electrons. The van der Waals surface area contributed by atoms with Crippen LogP contribution in [0.3, 0.4) is 0 Å². The zero-order valence-corrected chi connectivity index (χ0v) is 11.6. The van der Waals surface area contributed by atoms with Gasteiger partial charge in [-0.15, -0.1) is 0 Å². The number of nitrogens with two attached hydrogens (primary N) is 1. The molecule has 0 saturated heterocycles. The Morgan fingerprint density at radius 2 is 2.21 bits per heavy atom. The monoisotopic (exact) mass is 264 g/mol. The van der Waals surface area contributed by atoms with Crippen molar-refractivity contribution in [1.29, 1.82) is 0 Å². The fourth-order valence-electron chi connectivity index (χ4n) is 2.53. The maximum absolute atomic E-state index is 9.00. The second kappa shape index (κ2) is 6.78. The van der Waals surface area contributed by atoms with Crippen LogP contribution in [0.2, 0.25) is 0 Å². The first-order chi connectivity index (χ1) is 9.24. The van der Waals surface area contributed by atoms with E-state index >= 15 is 0 Å². The van der Waals surface area contributed by atoms with E-state index < -0.39 is 0 Å². The molecule has 0 unspecified atom stereocenters. The third-order valence-electron chi connectivity index (χ3n) is 3.87. The van der Waals surface area contributed by atoms with Gasteiger partial charge in [0, 0.05) is 25.7 Å². The Morgan fingerprint density at radius 1 is 1.42 bits per heavy atom. The minimum Gasteiger partial charge on any atom is -0.495 e. The van der Waals surface area contributed by atoms with Crippen LogP contribution < -0.4 is 10.5 Å². The van der Waals surface area contributed by atoms with Crippen LogP contribution in [0.4, 0.5) is 5.69 Å². The van der Waals surface area contributed by atoms with Crippen molar-refractivity contribution in [2.24, 2.45) is 0 Å². The summed E-state index contributed by atoms with van der Waals surface area (Å²) >= 11 is 0. The molecule has 0 atom stereocenters. The molecule has 1 fully saturated rings. The normalized spacial score (nSPS) is 15.5. The van der Waals surface area contributed by atoms with Gasteiger partial charge < -0.3 is 15.6 Å². The molecular weight excluding hydrogens is 240 g/mol. The third kappa shape index (κ3) is 3.61. The predicted octanol–water partition coefficient (Wildman–Crippen LogP) is 2.01. The number of hydrogen-bond donors (Lipinski definition) is 2. The number of ether oxygens (including phenoxy) is 1. The van der Waals surface area contributed by atoms with Crippen molar-refractivity contribution in [2.45, 2.75) is 38.3 Å². The number of nitrogen functional groups attached to an aromatic ring is 1. The maximum Gasteiger partial charge on any atom is 0.141 e. The van der Waals surface area contributed by atoms with Crippen molar-refractivity contribution in [3.05, 3.63) is 23.8 Å². The highest BCUT2D eigenvalue weighted by Crippen LogP contribution is 2.28. The molecule has 4 nitrogen and oxygen atoms in total. The lowest BCUT2D eigenvalue weighted by Crippen LogP contribution is -2.40. The van der Waals surface area contributed by atoms with Crippen LogP contribution in [-0.2, 0) is 6.54 Å². The summed E-state index contributed by atoms with van der Waals surface area (Å²) in [5.74, 6) is 0.731. The molecule has 3 N–H and O–H groups in total. The van der Waals surface area contributed by atoms with Gasteiger partial charge in [-0.3, -0.25) is 4.90 Å². The number of rotatable bonds is 7. The van der Waals surface area contributed by atoms with E-state index in [-0.39, 0.29) is 6.61 Å². The minimum atomic E-state index is 0.258. The van der Waals surface area contributed by atoms with Gasteiger partial charge in [-0.25, -0.2) is 0 Å². The summed E-state index contributed by atoms with van der Waals surface area (Å²) in [6, 6.07) is 6.66. The molecule has 0 amide bonds. The summed E-state index contributed by atoms with van der Waals surface area (Å²) < 4.78 is 5.18. The van der Waals surface area contributed by atoms with Crippen molar-refractivity contribution < 1.29 is 9.84 Å². The number of hydrogen-bond acceptors (Lipinski definition) is 4. The standard InChI is InChI=1S/C15H24N2O2/c1-19-15-7-6-12(10-14(15)16)11-17(8-3-9-18)13-4-2-5-13/h6-7,10,13,18H,2-5,8-9,11,16H2,1H3. The van der Waals surface area contributed by atoms with Gasteiger partial charge in [-0.2, -0.15) is 0 Å². The van der Waals surface area contributed by atoms with Gasteiger partial charge in [0.1, 0.15) is 5.75 Å². The maximum atomic E-state index is 9.00. The van der Waals surface area contributed by atoms with Gasteiger partial charge in [0.25, 0.3) is 0 Å². The average Bonchev–Trinajstić information content (AvgIpc) is 2.34. The van der Waals surface area contributed by atoms with Crippen molar-refractivity contribution in [2.75, 3.05) is 26.0 Å². The van der Waals surface area contributed by atoms with Gasteiger partial charge in [-0.1, -0.05) is 12.5 Å². The highest BCUT2D eigenvalue weighted by molar-refractivity contribution is 5.54. The summed E-state index contributed by atoms with van der Waals surface area (Å²) in [7, 11) is 1.63. The second-order valence-electron chi connectivity index (χ2n) is 5.21. The van der Waals surface area contributed by atoms with Gasteiger partial charge in [0.15, 0.2) is 0 Å². The number of anilines is 1. The predicted molar refractivity (Wildman–Crippen MR) is 77.2 cm³/mol. The van der Waals surface area contributed by atoms with Crippen LogP contribution in [0.1, 0.15) is 31.2 Å². The minimum absolute atomic E-state index is 0.258. The summed E-state index contributed by atoms with van der Waals surface area (Å²) in [5, 5.41) is 9.00. The van der Waals surface area contributed by atoms with Crippen molar-refractivity contribution in [1.82, 2.24) is 4.90 Å². The first kappa shape index (κ1) is 14.2. The Hall–Kier alpha value is -1.26. The fraction of sp³-hybridized carbons (Fsp3) is 0.600. The van der Waals surface area contributed by atoms with E-state index in [1.807, 2.05) is 12.1 Å². The van der Waals surface area contributed by atoms with E-state index in [1.54, 1.807) is 7.11 Å². The molecular formula is C15H24N2O2. The van der Waals surface area contributed by atoms with Gasteiger partial charge in [0.05, 0.1) is 12.8 Å². The molecule has 0 aliphatic heterocycles. The zero-order valence-electron chi connectivity index (χ0n) is 11.6. The lowest BCUT2D eigenvalue weighted by Gasteiger charge is -2.37. The summed E-state index contributed by atoms with van der Waals surface area (Å²) in [6.45, 7) is 2.11. The van der Waals surface area contributed by atoms with Crippen LogP contribution in [-0.4, -0.2) is 36.3 Å². The molecule has 0 heterocycles. The molecule has 0 bridgehead atoms. The lowest BCUT2D eigenvalue weighted by atomic mass is 9.91. The summed E-state index contributed by atoms with van der Waals surface area (Å²) in [4.78, 5) is 2.46. The van der Waals surface area contributed by atoms with Crippen LogP contribution in [0, 0.1) is 0 Å². The van der Waals surface area contributed by atoms with E-state index in [0.29, 0.717) is 11.7 Å². The van der Waals surface area contributed by atoms with Crippen molar-refractivity contribution >= 4 is 5.69 Å². The lowest BCUT2D eigenvalue weighted by molar-refractivity contribution is 0.109. The average molecular weight is 264 g/mol. The quantitative estimate of drug-likeness (QED) is 0.740. The van der Waals surface area contributed by atoms with E-state index in [9.17, 15) is 0 Å². The molecule has 2 rings (SSSR count). The number of benzene rings is 1. The number of aliphatic hydroxyl groups excluding tert-OH is 1. The molecule has 106 valence electrons. The van der Waals surface area contributed by atoms with E-state index in [0.717, 1.165) is 25.3 Å². The Kier molecular flexibility index (Phi) is 5.05. The molecule has 19 heavy (non-hydrogen) atoms. The molecule has 1 aromatic rings. The van der Waals surface area contributed by atoms with E-state index in [2.05, 4.69) is 11.0 Å². The van der Waals surface area contributed by atoms with Crippen LogP contribution in [0.5, 0.6) is 5.75 Å². The molecule has 1 saturated carbocycles. The first-order valence-corrected chi connectivity index (χ1v) is 7.02. The van der Waals surface area contributed by atoms with Gasteiger partial charge >= 0.3 is 0 Å². The topological polar surface area (TPSA) is 58.7 Å². The number of aliphatic hydroxyl groups is 1. The SMILES string of the molecule is COc1ccc(CN(CCCO)C2CCC2)cc1N. The third-order valence-corrected chi connectivity index (χ3v) is 3.87. The Balaban J connectivity index is 2.01. The Morgan fingerprint density at radius 3 is 2.74 bits per heavy atom. The Bertz CT molecular complexity index is 405. The second-order valence-corrected chi connectivity index (χ2v) is 5.21. The largest absolute Gasteiger partial charge is 0.495 e. The van der Waals surface area contributed by atoms with Crippen LogP contribution in [0.25, 0.3) is 0 Å². The highest BCUT2D eigenvalue weighted by atomic mass is 16.5. The molecule has 0 spiro atoms. The smallest absolute Gasteiger partial charge is 0.141 e. The zero-order chi connectivity index (χ0) is 13.7. The van der Waals surface area contributed by atoms with Crippen molar-refractivity contribution in [3.63, 3.8) is 0 Å². The van der Waals surface area contributed by atoms with Gasteiger partial charge in [-0.05, 0) is 37.0 Å². The van der Waals surface area contributed by atoms with Crippen LogP contribution in [0.15, 0.2) is 18.2 Å². The number of nitrogens with zero attached hydrogens (tertiary/aromatic N) is 1. The summed E-state index contributed by atoms with van der Waals surface area (Å²) in [6.07, 6.45) is 4.71. The Labute approximate surface area is 115 Å². The number of methoxy groups -OCH3 is 1. The van der Waals surface area contributed by atoms with Crippen molar-refractivity contribution in [3.8, 4) is 5.75 Å². The molecule has 1 aromatic carbocycles. The van der Waals surface area contributed by atoms with Crippen LogP contribution >= 0.6 is 0 Å². The molecule has 4 heteroatoms. The van der Waals surface area contributed by atoms with E-state index in [4.69, 9.17) is 15.6 Å². The molecule has 0 aromatic heterocycles. The highest BCUT2D eigenvalue weighted by Gasteiger charge is 2.24.